The molecule has 0 saturated carbocycles. The van der Waals surface area contributed by atoms with E-state index in [0.29, 0.717) is 5.69 Å². The normalized spacial score (nSPS) is 9.88. The highest BCUT2D eigenvalue weighted by molar-refractivity contribution is 6.02. The molecule has 3 N–H and O–H groups in total. The van der Waals surface area contributed by atoms with Gasteiger partial charge in [0.25, 0.3) is 5.91 Å². The Balaban J connectivity index is 2.25. The Bertz CT molecular complexity index is 548. The molecule has 1 aromatic carbocycles. The van der Waals surface area contributed by atoms with Crippen LogP contribution in [0.2, 0.25) is 0 Å². The summed E-state index contributed by atoms with van der Waals surface area (Å²) in [7, 11) is 0. The largest absolute Gasteiger partial charge is 0.366 e. The van der Waals surface area contributed by atoms with Gasteiger partial charge in [0.2, 0.25) is 0 Å². The minimum atomic E-state index is -0.596. The van der Waals surface area contributed by atoms with E-state index in [1.807, 2.05) is 0 Å². The van der Waals surface area contributed by atoms with Gasteiger partial charge in [-0.3, -0.25) is 4.79 Å². The number of primary amides is 1. The van der Waals surface area contributed by atoms with Gasteiger partial charge in [0, 0.05) is 12.4 Å². The second-order valence-corrected chi connectivity index (χ2v) is 3.29. The molecule has 0 aliphatic heterocycles. The quantitative estimate of drug-likeness (QED) is 0.808. The first-order valence-corrected chi connectivity index (χ1v) is 4.88. The van der Waals surface area contributed by atoms with Crippen LogP contribution in [-0.2, 0) is 0 Å². The van der Waals surface area contributed by atoms with E-state index in [2.05, 4.69) is 10.4 Å². The van der Waals surface area contributed by atoms with Crippen LogP contribution in [0.1, 0.15) is 10.4 Å². The summed E-state index contributed by atoms with van der Waals surface area (Å²) < 4.78 is 1.12. The molecule has 0 unspecified atom stereocenters. The fourth-order valence-corrected chi connectivity index (χ4v) is 1.37. The number of nitrogens with zero attached hydrogens (tertiary/aromatic N) is 2. The maximum Gasteiger partial charge on any atom is 0.346 e. The van der Waals surface area contributed by atoms with E-state index in [1.165, 1.54) is 12.4 Å². The third kappa shape index (κ3) is 2.31. The van der Waals surface area contributed by atoms with Crippen LogP contribution in [0.4, 0.5) is 10.5 Å². The molecule has 1 aromatic heterocycles. The summed E-state index contributed by atoms with van der Waals surface area (Å²) in [5.74, 6) is -0.596. The molecule has 6 nitrogen and oxygen atoms in total. The molecule has 0 aliphatic rings. The standard InChI is InChI=1S/C11H10N4O2/c12-10(16)8-4-1-2-5-9(8)14-11(17)15-7-3-6-13-15/h1-7H,(H2,12,16)(H,14,17). The Morgan fingerprint density at radius 2 is 2.00 bits per heavy atom. The number of aromatic nitrogens is 2. The van der Waals surface area contributed by atoms with E-state index < -0.39 is 11.9 Å². The number of carbonyl (C=O) groups is 2. The van der Waals surface area contributed by atoms with Crippen LogP contribution in [-0.4, -0.2) is 21.7 Å². The molecule has 86 valence electrons. The highest BCUT2D eigenvalue weighted by atomic mass is 16.2. The Labute approximate surface area is 97.0 Å². The smallest absolute Gasteiger partial charge is 0.346 e. The predicted octanol–water partition coefficient (Wildman–Crippen LogP) is 1.06. The molecule has 2 rings (SSSR count). The molecule has 6 heteroatoms. The maximum absolute atomic E-state index is 11.7. The number of hydrogen-bond donors (Lipinski definition) is 2. The van der Waals surface area contributed by atoms with Gasteiger partial charge in [-0.1, -0.05) is 12.1 Å². The molecule has 0 saturated heterocycles. The van der Waals surface area contributed by atoms with Crippen molar-refractivity contribution in [3.8, 4) is 0 Å². The fraction of sp³-hybridized carbons (Fsp3) is 0. The van der Waals surface area contributed by atoms with E-state index in [4.69, 9.17) is 5.73 Å². The van der Waals surface area contributed by atoms with Gasteiger partial charge >= 0.3 is 6.03 Å². The van der Waals surface area contributed by atoms with E-state index in [0.717, 1.165) is 4.68 Å². The number of amides is 2. The lowest BCUT2D eigenvalue weighted by Gasteiger charge is -2.07. The monoisotopic (exact) mass is 230 g/mol. The zero-order valence-electron chi connectivity index (χ0n) is 8.83. The van der Waals surface area contributed by atoms with Gasteiger partial charge < -0.3 is 11.1 Å². The Morgan fingerprint density at radius 3 is 2.65 bits per heavy atom. The maximum atomic E-state index is 11.7. The van der Waals surface area contributed by atoms with Crippen molar-refractivity contribution in [3.05, 3.63) is 48.3 Å². The summed E-state index contributed by atoms with van der Waals surface area (Å²) in [4.78, 5) is 22.8. The van der Waals surface area contributed by atoms with Crippen LogP contribution in [0, 0.1) is 0 Å². The molecule has 0 fully saturated rings. The molecule has 0 atom stereocenters. The Hall–Kier alpha value is -2.63. The van der Waals surface area contributed by atoms with Gasteiger partial charge in [0.05, 0.1) is 11.3 Å². The van der Waals surface area contributed by atoms with Gasteiger partial charge in [-0.25, -0.2) is 4.79 Å². The van der Waals surface area contributed by atoms with Crippen molar-refractivity contribution in [2.45, 2.75) is 0 Å². The molecule has 0 spiro atoms. The molecule has 17 heavy (non-hydrogen) atoms. The Kier molecular flexibility index (Phi) is 2.87. The molecule has 0 bridgehead atoms. The third-order valence-electron chi connectivity index (χ3n) is 2.15. The third-order valence-corrected chi connectivity index (χ3v) is 2.15. The van der Waals surface area contributed by atoms with Gasteiger partial charge in [-0.05, 0) is 18.2 Å². The molecular weight excluding hydrogens is 220 g/mol. The van der Waals surface area contributed by atoms with E-state index in [1.54, 1.807) is 30.3 Å². The van der Waals surface area contributed by atoms with E-state index in [-0.39, 0.29) is 5.56 Å². The zero-order chi connectivity index (χ0) is 12.3. The lowest BCUT2D eigenvalue weighted by Crippen LogP contribution is -2.22. The average molecular weight is 230 g/mol. The lowest BCUT2D eigenvalue weighted by atomic mass is 10.1. The van der Waals surface area contributed by atoms with Gasteiger partial charge in [0.15, 0.2) is 0 Å². The molecule has 0 aliphatic carbocycles. The molecule has 2 aromatic rings. The average Bonchev–Trinajstić information content (AvgIpc) is 2.83. The van der Waals surface area contributed by atoms with Crippen LogP contribution < -0.4 is 11.1 Å². The van der Waals surface area contributed by atoms with E-state index in [9.17, 15) is 9.59 Å². The SMILES string of the molecule is NC(=O)c1ccccc1NC(=O)n1cccn1. The van der Waals surface area contributed by atoms with Crippen molar-refractivity contribution in [1.29, 1.82) is 0 Å². The number of nitrogens with two attached hydrogens (primary N) is 1. The fourth-order valence-electron chi connectivity index (χ4n) is 1.37. The van der Waals surface area contributed by atoms with Gasteiger partial charge in [0.1, 0.15) is 0 Å². The highest BCUT2D eigenvalue weighted by Gasteiger charge is 2.11. The second-order valence-electron chi connectivity index (χ2n) is 3.29. The van der Waals surface area contributed by atoms with Crippen molar-refractivity contribution >= 4 is 17.6 Å². The van der Waals surface area contributed by atoms with Crippen LogP contribution in [0.3, 0.4) is 0 Å². The number of rotatable bonds is 2. The summed E-state index contributed by atoms with van der Waals surface area (Å²) in [6, 6.07) is 7.68. The molecule has 1 heterocycles. The summed E-state index contributed by atoms with van der Waals surface area (Å²) in [6.45, 7) is 0. The number of para-hydroxylation sites is 1. The first-order valence-electron chi connectivity index (χ1n) is 4.88. The summed E-state index contributed by atoms with van der Waals surface area (Å²) in [5, 5.41) is 6.33. The van der Waals surface area contributed by atoms with Crippen LogP contribution in [0.15, 0.2) is 42.7 Å². The minimum absolute atomic E-state index is 0.257. The Morgan fingerprint density at radius 1 is 1.24 bits per heavy atom. The number of carbonyl (C=O) groups excluding carboxylic acids is 2. The molecule has 0 radical (unpaired) electrons. The summed E-state index contributed by atoms with van der Waals surface area (Å²) >= 11 is 0. The minimum Gasteiger partial charge on any atom is -0.366 e. The number of hydrogen-bond acceptors (Lipinski definition) is 3. The van der Waals surface area contributed by atoms with Crippen molar-refractivity contribution in [2.24, 2.45) is 5.73 Å². The summed E-state index contributed by atoms with van der Waals surface area (Å²) in [5.41, 5.74) is 5.82. The number of anilines is 1. The first-order chi connectivity index (χ1) is 8.18. The topological polar surface area (TPSA) is 90.0 Å². The van der Waals surface area contributed by atoms with Crippen molar-refractivity contribution in [2.75, 3.05) is 5.32 Å². The second kappa shape index (κ2) is 4.48. The van der Waals surface area contributed by atoms with Crippen molar-refractivity contribution < 1.29 is 9.59 Å². The lowest BCUT2D eigenvalue weighted by molar-refractivity contribution is 0.100. The van der Waals surface area contributed by atoms with Crippen LogP contribution >= 0.6 is 0 Å². The zero-order valence-corrected chi connectivity index (χ0v) is 8.83. The number of benzene rings is 1. The summed E-state index contributed by atoms with van der Waals surface area (Å²) in [6.07, 6.45) is 2.99. The van der Waals surface area contributed by atoms with Crippen LogP contribution in [0.5, 0.6) is 0 Å². The van der Waals surface area contributed by atoms with Gasteiger partial charge in [-0.2, -0.15) is 9.78 Å². The molecular formula is C11H10N4O2. The number of nitrogens with one attached hydrogen (secondary N) is 1. The predicted molar refractivity (Wildman–Crippen MR) is 61.6 cm³/mol. The first kappa shape index (κ1) is 10.9. The van der Waals surface area contributed by atoms with Crippen molar-refractivity contribution in [3.63, 3.8) is 0 Å². The van der Waals surface area contributed by atoms with Crippen LogP contribution in [0.25, 0.3) is 0 Å². The highest BCUT2D eigenvalue weighted by Crippen LogP contribution is 2.14. The van der Waals surface area contributed by atoms with Gasteiger partial charge in [-0.15, -0.1) is 0 Å². The van der Waals surface area contributed by atoms with Crippen molar-refractivity contribution in [1.82, 2.24) is 9.78 Å². The molecule has 2 amide bonds. The van der Waals surface area contributed by atoms with E-state index >= 15 is 0 Å².